The predicted octanol–water partition coefficient (Wildman–Crippen LogP) is 1.57. The van der Waals surface area contributed by atoms with Crippen LogP contribution in [0.1, 0.15) is 16.1 Å². The van der Waals surface area contributed by atoms with Crippen LogP contribution in [0.25, 0.3) is 5.57 Å². The van der Waals surface area contributed by atoms with Crippen LogP contribution in [0.5, 0.6) is 0 Å². The average Bonchev–Trinajstić information content (AvgIpc) is 2.48. The van der Waals surface area contributed by atoms with Crippen molar-refractivity contribution in [2.24, 2.45) is 7.05 Å². The lowest BCUT2D eigenvalue weighted by molar-refractivity contribution is 0.105. The van der Waals surface area contributed by atoms with Gasteiger partial charge in [0, 0.05) is 39.0 Å². The van der Waals surface area contributed by atoms with Crippen molar-refractivity contribution in [3.63, 3.8) is 0 Å². The molecule has 0 aliphatic heterocycles. The molecule has 0 spiro atoms. The highest BCUT2D eigenvalue weighted by Gasteiger charge is 2.16. The molecule has 0 fully saturated rings. The third kappa shape index (κ3) is 3.45. The molecule has 0 saturated carbocycles. The molecule has 0 aliphatic rings. The summed E-state index contributed by atoms with van der Waals surface area (Å²) in [7, 11) is 5.23. The van der Waals surface area contributed by atoms with E-state index in [4.69, 9.17) is 0 Å². The zero-order valence-corrected chi connectivity index (χ0v) is 12.3. The first kappa shape index (κ1) is 14.7. The van der Waals surface area contributed by atoms with Crippen molar-refractivity contribution in [2.75, 3.05) is 14.1 Å². The lowest BCUT2D eigenvalue weighted by atomic mass is 10.0. The smallest absolute Gasteiger partial charge is 0.266 e. The fourth-order valence-electron chi connectivity index (χ4n) is 1.89. The molecular formula is C16H17N3O2. The van der Waals surface area contributed by atoms with Gasteiger partial charge in [-0.2, -0.15) is 5.10 Å². The number of carbonyl (C=O) groups is 1. The SMILES string of the molecule is CN(C)/C=C(/C(=O)c1ccccc1)c1ccc(=O)n(C)n1. The van der Waals surface area contributed by atoms with E-state index in [-0.39, 0.29) is 11.3 Å². The van der Waals surface area contributed by atoms with E-state index in [1.165, 1.54) is 10.7 Å². The van der Waals surface area contributed by atoms with E-state index in [0.29, 0.717) is 16.8 Å². The van der Waals surface area contributed by atoms with Crippen molar-refractivity contribution < 1.29 is 4.79 Å². The van der Waals surface area contributed by atoms with Crippen LogP contribution in [0.4, 0.5) is 0 Å². The second-order valence-corrected chi connectivity index (χ2v) is 4.88. The molecule has 0 bridgehead atoms. The molecule has 5 heteroatoms. The highest BCUT2D eigenvalue weighted by molar-refractivity contribution is 6.28. The Morgan fingerprint density at radius 2 is 1.81 bits per heavy atom. The van der Waals surface area contributed by atoms with E-state index in [2.05, 4.69) is 5.10 Å². The van der Waals surface area contributed by atoms with Crippen LogP contribution in [-0.4, -0.2) is 34.6 Å². The Kier molecular flexibility index (Phi) is 4.33. The van der Waals surface area contributed by atoms with E-state index in [1.54, 1.807) is 36.3 Å². The summed E-state index contributed by atoms with van der Waals surface area (Å²) in [5.74, 6) is -0.129. The number of benzene rings is 1. The van der Waals surface area contributed by atoms with Crippen LogP contribution < -0.4 is 5.56 Å². The minimum Gasteiger partial charge on any atom is -0.383 e. The largest absolute Gasteiger partial charge is 0.383 e. The summed E-state index contributed by atoms with van der Waals surface area (Å²) >= 11 is 0. The molecule has 2 aromatic rings. The maximum Gasteiger partial charge on any atom is 0.266 e. The van der Waals surface area contributed by atoms with Crippen molar-refractivity contribution in [1.82, 2.24) is 14.7 Å². The van der Waals surface area contributed by atoms with E-state index in [0.717, 1.165) is 0 Å². The third-order valence-corrected chi connectivity index (χ3v) is 2.90. The number of Topliss-reactive ketones (excluding diaryl/α,β-unsaturated/α-hetero) is 1. The summed E-state index contributed by atoms with van der Waals surface area (Å²) in [6.45, 7) is 0. The minimum atomic E-state index is -0.213. The molecule has 0 amide bonds. The van der Waals surface area contributed by atoms with Gasteiger partial charge in [-0.05, 0) is 6.07 Å². The molecule has 1 aromatic heterocycles. The minimum absolute atomic E-state index is 0.129. The van der Waals surface area contributed by atoms with Gasteiger partial charge < -0.3 is 4.90 Å². The lowest BCUT2D eigenvalue weighted by Gasteiger charge is -2.11. The van der Waals surface area contributed by atoms with Crippen LogP contribution in [0.15, 0.2) is 53.5 Å². The van der Waals surface area contributed by atoms with Crippen LogP contribution in [0, 0.1) is 0 Å². The number of aromatic nitrogens is 2. The average molecular weight is 283 g/mol. The van der Waals surface area contributed by atoms with Gasteiger partial charge in [0.15, 0.2) is 5.78 Å². The monoisotopic (exact) mass is 283 g/mol. The molecule has 0 N–H and O–H groups in total. The van der Waals surface area contributed by atoms with Crippen molar-refractivity contribution in [2.45, 2.75) is 0 Å². The lowest BCUT2D eigenvalue weighted by Crippen LogP contribution is -2.20. The number of allylic oxidation sites excluding steroid dienone is 1. The Labute approximate surface area is 123 Å². The van der Waals surface area contributed by atoms with Crippen LogP contribution in [0.2, 0.25) is 0 Å². The molecule has 1 heterocycles. The molecule has 0 atom stereocenters. The van der Waals surface area contributed by atoms with Crippen LogP contribution >= 0.6 is 0 Å². The van der Waals surface area contributed by atoms with E-state index < -0.39 is 0 Å². The maximum absolute atomic E-state index is 12.7. The molecule has 0 radical (unpaired) electrons. The quantitative estimate of drug-likeness (QED) is 0.631. The van der Waals surface area contributed by atoms with Crippen molar-refractivity contribution in [3.05, 3.63) is 70.3 Å². The van der Waals surface area contributed by atoms with Gasteiger partial charge >= 0.3 is 0 Å². The second kappa shape index (κ2) is 6.17. The summed E-state index contributed by atoms with van der Waals surface area (Å²) in [5.41, 5.74) is 1.29. The highest BCUT2D eigenvalue weighted by atomic mass is 16.1. The van der Waals surface area contributed by atoms with Crippen molar-refractivity contribution >= 4 is 11.4 Å². The first-order valence-electron chi connectivity index (χ1n) is 6.52. The first-order chi connectivity index (χ1) is 9.99. The molecule has 108 valence electrons. The number of rotatable bonds is 4. The Morgan fingerprint density at radius 3 is 2.38 bits per heavy atom. The highest BCUT2D eigenvalue weighted by Crippen LogP contribution is 2.17. The van der Waals surface area contributed by atoms with E-state index in [1.807, 2.05) is 32.3 Å². The molecule has 0 unspecified atom stereocenters. The van der Waals surface area contributed by atoms with E-state index in [9.17, 15) is 9.59 Å². The van der Waals surface area contributed by atoms with Crippen LogP contribution in [-0.2, 0) is 7.05 Å². The van der Waals surface area contributed by atoms with Crippen LogP contribution in [0.3, 0.4) is 0 Å². The van der Waals surface area contributed by atoms with Gasteiger partial charge in [0.2, 0.25) is 0 Å². The number of aryl methyl sites for hydroxylation is 1. The summed E-state index contributed by atoms with van der Waals surface area (Å²) < 4.78 is 1.22. The molecular weight excluding hydrogens is 266 g/mol. The number of hydrogen-bond acceptors (Lipinski definition) is 4. The van der Waals surface area contributed by atoms with Gasteiger partial charge in [-0.3, -0.25) is 9.59 Å². The zero-order valence-electron chi connectivity index (χ0n) is 12.3. The normalized spacial score (nSPS) is 11.3. The van der Waals surface area contributed by atoms with Gasteiger partial charge in [-0.1, -0.05) is 30.3 Å². The predicted molar refractivity (Wildman–Crippen MR) is 81.9 cm³/mol. The summed E-state index contributed by atoms with van der Waals surface area (Å²) in [5, 5.41) is 4.16. The van der Waals surface area contributed by atoms with Gasteiger partial charge in [0.05, 0.1) is 11.3 Å². The number of carbonyl (C=O) groups excluding carboxylic acids is 1. The maximum atomic E-state index is 12.7. The Hall–Kier alpha value is -2.69. The van der Waals surface area contributed by atoms with Gasteiger partial charge in [0.1, 0.15) is 0 Å². The van der Waals surface area contributed by atoms with Crippen molar-refractivity contribution in [3.8, 4) is 0 Å². The standard InChI is InChI=1S/C16H17N3O2/c1-18(2)11-13(14-9-10-15(20)19(3)17-14)16(21)12-7-5-4-6-8-12/h4-11H,1-3H3/b13-11+. The first-order valence-corrected chi connectivity index (χ1v) is 6.52. The molecule has 21 heavy (non-hydrogen) atoms. The Bertz CT molecular complexity index is 731. The topological polar surface area (TPSA) is 55.2 Å². The van der Waals surface area contributed by atoms with Crippen molar-refractivity contribution in [1.29, 1.82) is 0 Å². The zero-order chi connectivity index (χ0) is 15.4. The Morgan fingerprint density at radius 1 is 1.14 bits per heavy atom. The summed E-state index contributed by atoms with van der Waals surface area (Å²) in [6.07, 6.45) is 1.71. The molecule has 2 rings (SSSR count). The summed E-state index contributed by atoms with van der Waals surface area (Å²) in [4.78, 5) is 25.9. The van der Waals surface area contributed by atoms with E-state index >= 15 is 0 Å². The Balaban J connectivity index is 2.52. The third-order valence-electron chi connectivity index (χ3n) is 2.90. The molecule has 0 aliphatic carbocycles. The fourth-order valence-corrected chi connectivity index (χ4v) is 1.89. The number of nitrogens with zero attached hydrogens (tertiary/aromatic N) is 3. The van der Waals surface area contributed by atoms with Gasteiger partial charge in [-0.15, -0.1) is 0 Å². The second-order valence-electron chi connectivity index (χ2n) is 4.88. The summed E-state index contributed by atoms with van der Waals surface area (Å²) in [6, 6.07) is 12.0. The molecule has 0 saturated heterocycles. The fraction of sp³-hybridized carbons (Fsp3) is 0.188. The number of ketones is 1. The molecule has 5 nitrogen and oxygen atoms in total. The van der Waals surface area contributed by atoms with Gasteiger partial charge in [-0.25, -0.2) is 4.68 Å². The van der Waals surface area contributed by atoms with Gasteiger partial charge in [0.25, 0.3) is 5.56 Å². The molecule has 1 aromatic carbocycles. The number of hydrogen-bond donors (Lipinski definition) is 0.